The van der Waals surface area contributed by atoms with Crippen molar-refractivity contribution in [1.82, 2.24) is 15.5 Å². The summed E-state index contributed by atoms with van der Waals surface area (Å²) < 4.78 is 0. The lowest BCUT2D eigenvalue weighted by molar-refractivity contribution is 0.102. The van der Waals surface area contributed by atoms with Crippen LogP contribution in [0.2, 0.25) is 0 Å². The Kier molecular flexibility index (Phi) is 7.02. The lowest BCUT2D eigenvalue weighted by Gasteiger charge is -2.19. The van der Waals surface area contributed by atoms with Crippen LogP contribution < -0.4 is 15.5 Å². The monoisotopic (exact) mass is 445 g/mol. The van der Waals surface area contributed by atoms with Crippen LogP contribution in [0.3, 0.4) is 0 Å². The molecule has 3 aromatic rings. The lowest BCUT2D eigenvalue weighted by Crippen LogP contribution is -2.25. The molecule has 158 valence electrons. The Morgan fingerprint density at radius 1 is 1.07 bits per heavy atom. The van der Waals surface area contributed by atoms with Gasteiger partial charge in [-0.2, -0.15) is 5.10 Å². The molecule has 0 bridgehead atoms. The molecule has 0 fully saturated rings. The summed E-state index contributed by atoms with van der Waals surface area (Å²) >= 11 is 0. The second kappa shape index (κ2) is 9.51. The van der Waals surface area contributed by atoms with Crippen LogP contribution in [0.1, 0.15) is 32.9 Å². The standard InChI is InChI=1S/C22H23N5O.2ClH/c28-22(21-18-13-23-11-9-19(18)25-26-21)24-17-7-5-15(6-8-17)14-27-12-10-16-3-1-2-4-20(16)27;;/h1-8,23H,9-14H2,(H,24,28)(H,25,26);2*1H. The average molecular weight is 446 g/mol. The van der Waals surface area contributed by atoms with Gasteiger partial charge in [-0.3, -0.25) is 9.89 Å². The number of hydrogen-bond donors (Lipinski definition) is 3. The second-order valence-electron chi connectivity index (χ2n) is 7.41. The van der Waals surface area contributed by atoms with Crippen LogP contribution in [-0.4, -0.2) is 29.2 Å². The number of aromatic nitrogens is 2. The van der Waals surface area contributed by atoms with Gasteiger partial charge in [-0.1, -0.05) is 30.3 Å². The molecule has 0 unspecified atom stereocenters. The highest BCUT2D eigenvalue weighted by molar-refractivity contribution is 6.04. The number of aromatic amines is 1. The zero-order valence-corrected chi connectivity index (χ0v) is 18.1. The molecule has 0 saturated heterocycles. The third kappa shape index (κ3) is 4.31. The quantitative estimate of drug-likeness (QED) is 0.572. The topological polar surface area (TPSA) is 73.0 Å². The minimum atomic E-state index is -0.164. The Hall–Kier alpha value is -2.54. The van der Waals surface area contributed by atoms with E-state index in [1.165, 1.54) is 16.8 Å². The van der Waals surface area contributed by atoms with E-state index >= 15 is 0 Å². The molecule has 3 N–H and O–H groups in total. The van der Waals surface area contributed by atoms with Crippen molar-refractivity contribution in [2.75, 3.05) is 23.3 Å². The van der Waals surface area contributed by atoms with Crippen molar-refractivity contribution in [3.63, 3.8) is 0 Å². The number of hydrogen-bond acceptors (Lipinski definition) is 4. The van der Waals surface area contributed by atoms with E-state index < -0.39 is 0 Å². The zero-order valence-electron chi connectivity index (χ0n) is 16.5. The molecular weight excluding hydrogens is 421 g/mol. The number of anilines is 2. The van der Waals surface area contributed by atoms with Gasteiger partial charge in [-0.05, 0) is 35.7 Å². The van der Waals surface area contributed by atoms with E-state index in [1.807, 2.05) is 12.1 Å². The summed E-state index contributed by atoms with van der Waals surface area (Å²) in [5.74, 6) is -0.164. The number of rotatable bonds is 4. The fraction of sp³-hybridized carbons (Fsp3) is 0.273. The minimum absolute atomic E-state index is 0. The third-order valence-corrected chi connectivity index (χ3v) is 5.59. The van der Waals surface area contributed by atoms with Gasteiger partial charge in [0.05, 0.1) is 0 Å². The first-order valence-electron chi connectivity index (χ1n) is 9.78. The number of carbonyl (C=O) groups is 1. The van der Waals surface area contributed by atoms with Crippen LogP contribution in [0.5, 0.6) is 0 Å². The number of carbonyl (C=O) groups excluding carboxylic acids is 1. The maximum Gasteiger partial charge on any atom is 0.276 e. The van der Waals surface area contributed by atoms with Crippen LogP contribution in [0, 0.1) is 0 Å². The molecule has 0 radical (unpaired) electrons. The van der Waals surface area contributed by atoms with Gasteiger partial charge in [0.15, 0.2) is 5.69 Å². The van der Waals surface area contributed by atoms with Gasteiger partial charge in [0.1, 0.15) is 0 Å². The van der Waals surface area contributed by atoms with Crippen LogP contribution in [0.25, 0.3) is 0 Å². The van der Waals surface area contributed by atoms with Gasteiger partial charge in [0, 0.05) is 55.2 Å². The predicted molar refractivity (Wildman–Crippen MR) is 124 cm³/mol. The van der Waals surface area contributed by atoms with Crippen molar-refractivity contribution in [3.05, 3.63) is 76.6 Å². The fourth-order valence-corrected chi connectivity index (χ4v) is 4.09. The lowest BCUT2D eigenvalue weighted by atomic mass is 10.1. The molecule has 2 aliphatic rings. The number of para-hydroxylation sites is 1. The molecule has 0 saturated carbocycles. The molecule has 0 spiro atoms. The second-order valence-corrected chi connectivity index (χ2v) is 7.41. The molecule has 30 heavy (non-hydrogen) atoms. The molecule has 0 aliphatic carbocycles. The smallest absolute Gasteiger partial charge is 0.276 e. The van der Waals surface area contributed by atoms with Gasteiger partial charge in [0.25, 0.3) is 5.91 Å². The van der Waals surface area contributed by atoms with E-state index in [1.54, 1.807) is 0 Å². The van der Waals surface area contributed by atoms with Crippen molar-refractivity contribution >= 4 is 42.1 Å². The van der Waals surface area contributed by atoms with Crippen molar-refractivity contribution in [2.24, 2.45) is 0 Å². The first kappa shape index (κ1) is 22.2. The number of H-pyrrole nitrogens is 1. The predicted octanol–water partition coefficient (Wildman–Crippen LogP) is 3.71. The Labute approximate surface area is 188 Å². The Balaban J connectivity index is 0.00000128. The van der Waals surface area contributed by atoms with E-state index in [9.17, 15) is 4.79 Å². The largest absolute Gasteiger partial charge is 0.367 e. The highest BCUT2D eigenvalue weighted by atomic mass is 35.5. The van der Waals surface area contributed by atoms with Crippen molar-refractivity contribution in [2.45, 2.75) is 25.9 Å². The minimum Gasteiger partial charge on any atom is -0.367 e. The van der Waals surface area contributed by atoms with E-state index in [4.69, 9.17) is 0 Å². The maximum atomic E-state index is 12.6. The number of nitrogens with zero attached hydrogens (tertiary/aromatic N) is 2. The summed E-state index contributed by atoms with van der Waals surface area (Å²) in [5, 5.41) is 13.5. The summed E-state index contributed by atoms with van der Waals surface area (Å²) in [6.45, 7) is 3.53. The molecule has 0 atom stereocenters. The Morgan fingerprint density at radius 3 is 2.70 bits per heavy atom. The van der Waals surface area contributed by atoms with Crippen LogP contribution in [0.15, 0.2) is 48.5 Å². The van der Waals surface area contributed by atoms with Crippen molar-refractivity contribution < 1.29 is 4.79 Å². The number of halogens is 2. The Bertz CT molecular complexity index is 1020. The number of fused-ring (bicyclic) bond motifs is 2. The molecule has 2 aromatic carbocycles. The molecule has 1 aromatic heterocycles. The molecular formula is C22H25Cl2N5O. The summed E-state index contributed by atoms with van der Waals surface area (Å²) in [5.41, 5.74) is 7.30. The molecule has 3 heterocycles. The first-order chi connectivity index (χ1) is 13.8. The molecule has 8 heteroatoms. The molecule has 1 amide bonds. The SMILES string of the molecule is Cl.Cl.O=C(Nc1ccc(CN2CCc3ccccc32)cc1)c1n[nH]c2c1CNCC2. The van der Waals surface area contributed by atoms with Gasteiger partial charge >= 0.3 is 0 Å². The van der Waals surface area contributed by atoms with Crippen LogP contribution in [-0.2, 0) is 25.9 Å². The van der Waals surface area contributed by atoms with Gasteiger partial charge in [-0.25, -0.2) is 0 Å². The summed E-state index contributed by atoms with van der Waals surface area (Å²) in [6, 6.07) is 16.7. The third-order valence-electron chi connectivity index (χ3n) is 5.59. The maximum absolute atomic E-state index is 12.6. The number of nitrogens with one attached hydrogen (secondary N) is 3. The van der Waals surface area contributed by atoms with Gasteiger partial charge in [-0.15, -0.1) is 24.8 Å². The normalized spacial score (nSPS) is 14.2. The Morgan fingerprint density at radius 2 is 1.87 bits per heavy atom. The van der Waals surface area contributed by atoms with Crippen molar-refractivity contribution in [1.29, 1.82) is 0 Å². The number of amides is 1. The van der Waals surface area contributed by atoms with E-state index in [2.05, 4.69) is 62.1 Å². The first-order valence-corrected chi connectivity index (χ1v) is 9.78. The number of benzene rings is 2. The van der Waals surface area contributed by atoms with Crippen LogP contribution >= 0.6 is 24.8 Å². The van der Waals surface area contributed by atoms with Crippen LogP contribution in [0.4, 0.5) is 11.4 Å². The summed E-state index contributed by atoms with van der Waals surface area (Å²) in [4.78, 5) is 15.0. The zero-order chi connectivity index (χ0) is 18.9. The highest BCUT2D eigenvalue weighted by Gasteiger charge is 2.22. The van der Waals surface area contributed by atoms with Gasteiger partial charge < -0.3 is 15.5 Å². The van der Waals surface area contributed by atoms with E-state index in [-0.39, 0.29) is 30.7 Å². The van der Waals surface area contributed by atoms with Gasteiger partial charge in [0.2, 0.25) is 0 Å². The molecule has 6 nitrogen and oxygen atoms in total. The summed E-state index contributed by atoms with van der Waals surface area (Å²) in [6.07, 6.45) is 1.98. The van der Waals surface area contributed by atoms with Crippen molar-refractivity contribution in [3.8, 4) is 0 Å². The fourth-order valence-electron chi connectivity index (χ4n) is 4.09. The summed E-state index contributed by atoms with van der Waals surface area (Å²) in [7, 11) is 0. The van der Waals surface area contributed by atoms with E-state index in [0.29, 0.717) is 12.2 Å². The molecule has 5 rings (SSSR count). The molecule has 2 aliphatic heterocycles. The highest BCUT2D eigenvalue weighted by Crippen LogP contribution is 2.29. The van der Waals surface area contributed by atoms with E-state index in [0.717, 1.165) is 49.4 Å². The average Bonchev–Trinajstić information content (AvgIpc) is 3.34.